The number of hydrogen-bond donors (Lipinski definition) is 1. The van der Waals surface area contributed by atoms with Gasteiger partial charge in [0.15, 0.2) is 0 Å². The van der Waals surface area contributed by atoms with Crippen LogP contribution in [0.4, 0.5) is 5.69 Å². The van der Waals surface area contributed by atoms with Crippen LogP contribution in [0.15, 0.2) is 54.6 Å². The molecule has 0 aliphatic rings. The Morgan fingerprint density at radius 1 is 1.12 bits per heavy atom. The number of amides is 1. The lowest BCUT2D eigenvalue weighted by Gasteiger charge is -2.08. The summed E-state index contributed by atoms with van der Waals surface area (Å²) in [6.07, 6.45) is 0. The molecule has 0 radical (unpaired) electrons. The van der Waals surface area contributed by atoms with E-state index in [0.29, 0.717) is 17.9 Å². The molecule has 25 heavy (non-hydrogen) atoms. The average molecular weight is 335 g/mol. The molecular weight excluding hydrogens is 314 g/mol. The van der Waals surface area contributed by atoms with Crippen molar-refractivity contribution in [3.05, 3.63) is 77.1 Å². The van der Waals surface area contributed by atoms with Crippen LogP contribution in [0.25, 0.3) is 0 Å². The summed E-state index contributed by atoms with van der Waals surface area (Å²) in [6, 6.07) is 17.2. The van der Waals surface area contributed by atoms with Crippen molar-refractivity contribution < 1.29 is 9.53 Å². The van der Waals surface area contributed by atoms with Crippen molar-refractivity contribution >= 4 is 11.6 Å². The Bertz CT molecular complexity index is 885. The number of anilines is 1. The molecule has 3 aromatic rings. The molecule has 0 saturated carbocycles. The van der Waals surface area contributed by atoms with Crippen molar-refractivity contribution in [3.63, 3.8) is 0 Å². The Balaban J connectivity index is 1.82. The molecule has 1 heterocycles. The molecule has 128 valence electrons. The standard InChI is InChI=1S/C20H21N3O2/c1-14-19(21-20(24)17-10-7-11-18(12-17)25-3)15(2)23(22-14)13-16-8-5-4-6-9-16/h4-12H,13H2,1-3H3,(H,21,24). The van der Waals surface area contributed by atoms with E-state index in [1.54, 1.807) is 25.3 Å². The summed E-state index contributed by atoms with van der Waals surface area (Å²) in [4.78, 5) is 12.6. The molecule has 3 rings (SSSR count). The minimum Gasteiger partial charge on any atom is -0.497 e. The Labute approximate surface area is 147 Å². The van der Waals surface area contributed by atoms with Gasteiger partial charge in [0.2, 0.25) is 0 Å². The zero-order valence-electron chi connectivity index (χ0n) is 14.6. The molecule has 0 bridgehead atoms. The maximum absolute atomic E-state index is 12.6. The van der Waals surface area contributed by atoms with Crippen LogP contribution in [-0.2, 0) is 6.54 Å². The number of nitrogens with one attached hydrogen (secondary N) is 1. The van der Waals surface area contributed by atoms with Gasteiger partial charge in [-0.1, -0.05) is 36.4 Å². The van der Waals surface area contributed by atoms with Gasteiger partial charge in [-0.2, -0.15) is 5.10 Å². The van der Waals surface area contributed by atoms with E-state index in [4.69, 9.17) is 4.74 Å². The molecule has 0 saturated heterocycles. The van der Waals surface area contributed by atoms with E-state index in [1.807, 2.05) is 42.8 Å². The summed E-state index contributed by atoms with van der Waals surface area (Å²) >= 11 is 0. The predicted molar refractivity (Wildman–Crippen MR) is 98.2 cm³/mol. The molecule has 0 atom stereocenters. The van der Waals surface area contributed by atoms with E-state index in [0.717, 1.165) is 17.1 Å². The topological polar surface area (TPSA) is 56.1 Å². The zero-order valence-corrected chi connectivity index (χ0v) is 14.6. The number of rotatable bonds is 5. The van der Waals surface area contributed by atoms with E-state index >= 15 is 0 Å². The van der Waals surface area contributed by atoms with Gasteiger partial charge in [0.25, 0.3) is 5.91 Å². The van der Waals surface area contributed by atoms with Crippen molar-refractivity contribution in [2.24, 2.45) is 0 Å². The summed E-state index contributed by atoms with van der Waals surface area (Å²) in [7, 11) is 1.58. The van der Waals surface area contributed by atoms with Crippen molar-refractivity contribution in [1.29, 1.82) is 0 Å². The lowest BCUT2D eigenvalue weighted by Crippen LogP contribution is -2.13. The SMILES string of the molecule is COc1cccc(C(=O)Nc2c(C)nn(Cc3ccccc3)c2C)c1. The summed E-state index contributed by atoms with van der Waals surface area (Å²) in [6.45, 7) is 4.53. The summed E-state index contributed by atoms with van der Waals surface area (Å²) < 4.78 is 7.09. The van der Waals surface area contributed by atoms with E-state index in [2.05, 4.69) is 22.5 Å². The highest BCUT2D eigenvalue weighted by molar-refractivity contribution is 6.05. The van der Waals surface area contributed by atoms with Crippen molar-refractivity contribution in [2.45, 2.75) is 20.4 Å². The molecule has 0 aliphatic carbocycles. The number of carbonyl (C=O) groups excluding carboxylic acids is 1. The second-order valence-electron chi connectivity index (χ2n) is 5.88. The van der Waals surface area contributed by atoms with Crippen LogP contribution in [0.2, 0.25) is 0 Å². The normalized spacial score (nSPS) is 10.5. The lowest BCUT2D eigenvalue weighted by atomic mass is 10.2. The number of carbonyl (C=O) groups is 1. The van der Waals surface area contributed by atoms with Gasteiger partial charge < -0.3 is 10.1 Å². The molecule has 0 aliphatic heterocycles. The van der Waals surface area contributed by atoms with Crippen LogP contribution >= 0.6 is 0 Å². The quantitative estimate of drug-likeness (QED) is 0.771. The second-order valence-corrected chi connectivity index (χ2v) is 5.88. The van der Waals surface area contributed by atoms with Crippen molar-refractivity contribution in [3.8, 4) is 5.75 Å². The van der Waals surface area contributed by atoms with Crippen LogP contribution in [0.1, 0.15) is 27.3 Å². The lowest BCUT2D eigenvalue weighted by molar-refractivity contribution is 0.102. The minimum atomic E-state index is -0.177. The fraction of sp³-hybridized carbons (Fsp3) is 0.200. The Hall–Kier alpha value is -3.08. The fourth-order valence-electron chi connectivity index (χ4n) is 2.74. The smallest absolute Gasteiger partial charge is 0.255 e. The Morgan fingerprint density at radius 2 is 1.88 bits per heavy atom. The highest BCUT2D eigenvalue weighted by atomic mass is 16.5. The fourth-order valence-corrected chi connectivity index (χ4v) is 2.74. The van der Waals surface area contributed by atoms with Gasteiger partial charge in [-0.25, -0.2) is 0 Å². The molecule has 1 N–H and O–H groups in total. The van der Waals surface area contributed by atoms with Crippen LogP contribution in [0, 0.1) is 13.8 Å². The van der Waals surface area contributed by atoms with Gasteiger partial charge >= 0.3 is 0 Å². The van der Waals surface area contributed by atoms with E-state index in [-0.39, 0.29) is 5.91 Å². The highest BCUT2D eigenvalue weighted by Crippen LogP contribution is 2.22. The van der Waals surface area contributed by atoms with E-state index in [9.17, 15) is 4.79 Å². The molecule has 0 spiro atoms. The van der Waals surface area contributed by atoms with E-state index < -0.39 is 0 Å². The molecule has 0 fully saturated rings. The number of benzene rings is 2. The van der Waals surface area contributed by atoms with Crippen molar-refractivity contribution in [1.82, 2.24) is 9.78 Å². The molecule has 0 unspecified atom stereocenters. The number of ether oxygens (including phenoxy) is 1. The first kappa shape index (κ1) is 16.8. The van der Waals surface area contributed by atoms with E-state index in [1.165, 1.54) is 5.56 Å². The maximum atomic E-state index is 12.6. The van der Waals surface area contributed by atoms with Gasteiger partial charge in [0, 0.05) is 5.56 Å². The first-order valence-electron chi connectivity index (χ1n) is 8.12. The zero-order chi connectivity index (χ0) is 17.8. The summed E-state index contributed by atoms with van der Waals surface area (Å²) in [5, 5.41) is 7.54. The first-order valence-corrected chi connectivity index (χ1v) is 8.12. The molecular formula is C20H21N3O2. The van der Waals surface area contributed by atoms with Gasteiger partial charge in [0.05, 0.1) is 30.7 Å². The van der Waals surface area contributed by atoms with Crippen LogP contribution in [0.3, 0.4) is 0 Å². The van der Waals surface area contributed by atoms with Crippen LogP contribution in [0.5, 0.6) is 5.75 Å². The summed E-state index contributed by atoms with van der Waals surface area (Å²) in [5.41, 5.74) is 4.19. The molecule has 5 heteroatoms. The van der Waals surface area contributed by atoms with Crippen LogP contribution < -0.4 is 10.1 Å². The third kappa shape index (κ3) is 3.71. The number of aryl methyl sites for hydroxylation is 1. The highest BCUT2D eigenvalue weighted by Gasteiger charge is 2.15. The summed E-state index contributed by atoms with van der Waals surface area (Å²) in [5.74, 6) is 0.477. The molecule has 5 nitrogen and oxygen atoms in total. The third-order valence-electron chi connectivity index (χ3n) is 4.13. The Morgan fingerprint density at radius 3 is 2.60 bits per heavy atom. The Kier molecular flexibility index (Phi) is 4.84. The molecule has 1 aromatic heterocycles. The van der Waals surface area contributed by atoms with Crippen LogP contribution in [-0.4, -0.2) is 22.8 Å². The number of hydrogen-bond acceptors (Lipinski definition) is 3. The molecule has 1 amide bonds. The minimum absolute atomic E-state index is 0.177. The second kappa shape index (κ2) is 7.21. The number of nitrogens with zero attached hydrogens (tertiary/aromatic N) is 2. The van der Waals surface area contributed by atoms with Gasteiger partial charge in [-0.05, 0) is 37.6 Å². The monoisotopic (exact) mass is 335 g/mol. The van der Waals surface area contributed by atoms with Crippen molar-refractivity contribution in [2.75, 3.05) is 12.4 Å². The molecule has 2 aromatic carbocycles. The van der Waals surface area contributed by atoms with Gasteiger partial charge in [-0.15, -0.1) is 0 Å². The van der Waals surface area contributed by atoms with Gasteiger partial charge in [0.1, 0.15) is 5.75 Å². The number of methoxy groups -OCH3 is 1. The third-order valence-corrected chi connectivity index (χ3v) is 4.13. The maximum Gasteiger partial charge on any atom is 0.255 e. The predicted octanol–water partition coefficient (Wildman–Crippen LogP) is 3.81. The largest absolute Gasteiger partial charge is 0.497 e. The first-order chi connectivity index (χ1) is 12.1. The van der Waals surface area contributed by atoms with Gasteiger partial charge in [-0.3, -0.25) is 9.48 Å². The average Bonchev–Trinajstić information content (AvgIpc) is 2.90. The number of aromatic nitrogens is 2.